The lowest BCUT2D eigenvalue weighted by atomic mass is 10.0. The average Bonchev–Trinajstić information content (AvgIpc) is 1.63. The van der Waals surface area contributed by atoms with Gasteiger partial charge in [-0.1, -0.05) is 5.57 Å². The van der Waals surface area contributed by atoms with E-state index in [0.717, 1.165) is 5.57 Å². The Bertz CT molecular complexity index is 107. The van der Waals surface area contributed by atoms with Gasteiger partial charge in [0, 0.05) is 0 Å². The molecule has 1 N–H and O–H groups in total. The van der Waals surface area contributed by atoms with Crippen LogP contribution in [0.4, 0.5) is 0 Å². The van der Waals surface area contributed by atoms with Crippen LogP contribution in [0.5, 0.6) is 0 Å². The standard InChI is InChI=1S/C7H13ClO/c1-6(2)4-7(3,9)5-8/h9H,1,4-5H2,2-3H3. The molecule has 0 fully saturated rings. The zero-order valence-electron chi connectivity index (χ0n) is 5.95. The van der Waals surface area contributed by atoms with Crippen LogP contribution in [0, 0.1) is 0 Å². The Balaban J connectivity index is 3.71. The molecule has 0 saturated carbocycles. The first-order valence-electron chi connectivity index (χ1n) is 2.91. The molecule has 1 atom stereocenters. The van der Waals surface area contributed by atoms with Crippen LogP contribution >= 0.6 is 11.6 Å². The Labute approximate surface area is 61.3 Å². The molecular weight excluding hydrogens is 136 g/mol. The monoisotopic (exact) mass is 148 g/mol. The van der Waals surface area contributed by atoms with Gasteiger partial charge in [0.25, 0.3) is 0 Å². The lowest BCUT2D eigenvalue weighted by molar-refractivity contribution is 0.0848. The quantitative estimate of drug-likeness (QED) is 0.479. The average molecular weight is 149 g/mol. The molecule has 0 heterocycles. The molecule has 0 aromatic carbocycles. The van der Waals surface area contributed by atoms with Gasteiger partial charge in [0.05, 0.1) is 11.5 Å². The maximum absolute atomic E-state index is 9.30. The minimum absolute atomic E-state index is 0.264. The van der Waals surface area contributed by atoms with Gasteiger partial charge in [-0.05, 0) is 20.3 Å². The van der Waals surface area contributed by atoms with Gasteiger partial charge in [0.2, 0.25) is 0 Å². The van der Waals surface area contributed by atoms with Crippen molar-refractivity contribution in [2.45, 2.75) is 25.9 Å². The summed E-state index contributed by atoms with van der Waals surface area (Å²) in [6, 6.07) is 0. The molecule has 0 aromatic rings. The van der Waals surface area contributed by atoms with E-state index in [1.807, 2.05) is 6.92 Å². The highest BCUT2D eigenvalue weighted by molar-refractivity contribution is 6.18. The summed E-state index contributed by atoms with van der Waals surface area (Å²) < 4.78 is 0. The van der Waals surface area contributed by atoms with Crippen LogP contribution in [0.1, 0.15) is 20.3 Å². The Kier molecular flexibility index (Phi) is 3.23. The predicted octanol–water partition coefficient (Wildman–Crippen LogP) is 1.94. The summed E-state index contributed by atoms with van der Waals surface area (Å²) in [6.07, 6.45) is 0.580. The molecule has 2 heteroatoms. The minimum Gasteiger partial charge on any atom is -0.389 e. The number of rotatable bonds is 3. The van der Waals surface area contributed by atoms with Gasteiger partial charge in [-0.25, -0.2) is 0 Å². The smallest absolute Gasteiger partial charge is 0.0791 e. The maximum Gasteiger partial charge on any atom is 0.0791 e. The number of halogens is 1. The van der Waals surface area contributed by atoms with Crippen molar-refractivity contribution in [1.82, 2.24) is 0 Å². The molecule has 0 rings (SSSR count). The van der Waals surface area contributed by atoms with E-state index >= 15 is 0 Å². The topological polar surface area (TPSA) is 20.2 Å². The van der Waals surface area contributed by atoms with E-state index in [1.165, 1.54) is 0 Å². The second-order valence-electron chi connectivity index (χ2n) is 2.76. The van der Waals surface area contributed by atoms with Crippen molar-refractivity contribution >= 4 is 11.6 Å². The normalized spacial score (nSPS) is 16.9. The summed E-state index contributed by atoms with van der Waals surface area (Å²) in [5.74, 6) is 0.264. The molecule has 0 aliphatic heterocycles. The summed E-state index contributed by atoms with van der Waals surface area (Å²) in [4.78, 5) is 0. The SMILES string of the molecule is C=C(C)CC(C)(O)CCl. The summed E-state index contributed by atoms with van der Waals surface area (Å²) in [6.45, 7) is 7.25. The Morgan fingerprint density at radius 1 is 1.78 bits per heavy atom. The third-order valence-corrected chi connectivity index (χ3v) is 1.55. The molecule has 1 unspecified atom stereocenters. The molecule has 0 bridgehead atoms. The highest BCUT2D eigenvalue weighted by atomic mass is 35.5. The van der Waals surface area contributed by atoms with E-state index in [4.69, 9.17) is 11.6 Å². The van der Waals surface area contributed by atoms with E-state index in [0.29, 0.717) is 6.42 Å². The molecule has 0 aromatic heterocycles. The first-order valence-corrected chi connectivity index (χ1v) is 3.44. The van der Waals surface area contributed by atoms with Crippen molar-refractivity contribution in [3.05, 3.63) is 12.2 Å². The zero-order valence-corrected chi connectivity index (χ0v) is 6.70. The highest BCUT2D eigenvalue weighted by Gasteiger charge is 2.17. The van der Waals surface area contributed by atoms with Crippen LogP contribution in [0.25, 0.3) is 0 Å². The Morgan fingerprint density at radius 3 is 2.33 bits per heavy atom. The third-order valence-electron chi connectivity index (χ3n) is 0.970. The van der Waals surface area contributed by atoms with Crippen LogP contribution in [0.3, 0.4) is 0 Å². The molecule has 0 aliphatic carbocycles. The maximum atomic E-state index is 9.30. The van der Waals surface area contributed by atoms with Gasteiger partial charge in [-0.2, -0.15) is 0 Å². The number of hydrogen-bond donors (Lipinski definition) is 1. The molecule has 0 saturated heterocycles. The van der Waals surface area contributed by atoms with Crippen LogP contribution < -0.4 is 0 Å². The first kappa shape index (κ1) is 8.99. The fourth-order valence-corrected chi connectivity index (χ4v) is 0.792. The predicted molar refractivity (Wildman–Crippen MR) is 40.8 cm³/mol. The summed E-state index contributed by atoms with van der Waals surface area (Å²) in [7, 11) is 0. The first-order chi connectivity index (χ1) is 3.98. The minimum atomic E-state index is -0.770. The lowest BCUT2D eigenvalue weighted by Crippen LogP contribution is -2.26. The second-order valence-corrected chi connectivity index (χ2v) is 3.03. The van der Waals surface area contributed by atoms with E-state index < -0.39 is 5.60 Å². The van der Waals surface area contributed by atoms with Crippen LogP contribution in [-0.2, 0) is 0 Å². The van der Waals surface area contributed by atoms with Gasteiger partial charge >= 0.3 is 0 Å². The van der Waals surface area contributed by atoms with Crippen molar-refractivity contribution in [2.75, 3.05) is 5.88 Å². The summed E-state index contributed by atoms with van der Waals surface area (Å²) in [5.41, 5.74) is 0.188. The highest BCUT2D eigenvalue weighted by Crippen LogP contribution is 2.15. The fraction of sp³-hybridized carbons (Fsp3) is 0.714. The number of hydrogen-bond acceptors (Lipinski definition) is 1. The van der Waals surface area contributed by atoms with Gasteiger partial charge < -0.3 is 5.11 Å². The van der Waals surface area contributed by atoms with Crippen molar-refractivity contribution < 1.29 is 5.11 Å². The van der Waals surface area contributed by atoms with E-state index in [9.17, 15) is 5.11 Å². The van der Waals surface area contributed by atoms with Gasteiger partial charge in [0.1, 0.15) is 0 Å². The van der Waals surface area contributed by atoms with Crippen molar-refractivity contribution in [3.63, 3.8) is 0 Å². The molecule has 0 radical (unpaired) electrons. The molecule has 0 spiro atoms. The summed E-state index contributed by atoms with van der Waals surface area (Å²) in [5, 5.41) is 9.30. The largest absolute Gasteiger partial charge is 0.389 e. The van der Waals surface area contributed by atoms with E-state index in [2.05, 4.69) is 6.58 Å². The van der Waals surface area contributed by atoms with Crippen molar-refractivity contribution in [2.24, 2.45) is 0 Å². The molecule has 0 aliphatic rings. The third kappa shape index (κ3) is 4.49. The van der Waals surface area contributed by atoms with Gasteiger partial charge in [0.15, 0.2) is 0 Å². The van der Waals surface area contributed by atoms with Crippen molar-refractivity contribution in [3.8, 4) is 0 Å². The van der Waals surface area contributed by atoms with E-state index in [1.54, 1.807) is 6.92 Å². The Hall–Kier alpha value is -0.0100. The number of alkyl halides is 1. The molecular formula is C7H13ClO. The van der Waals surface area contributed by atoms with Crippen LogP contribution in [0.2, 0.25) is 0 Å². The zero-order chi connectivity index (χ0) is 7.49. The number of aliphatic hydroxyl groups is 1. The second kappa shape index (κ2) is 3.23. The van der Waals surface area contributed by atoms with Crippen LogP contribution in [0.15, 0.2) is 12.2 Å². The Morgan fingerprint density at radius 2 is 2.22 bits per heavy atom. The van der Waals surface area contributed by atoms with Gasteiger partial charge in [-0.3, -0.25) is 0 Å². The van der Waals surface area contributed by atoms with Crippen LogP contribution in [-0.4, -0.2) is 16.6 Å². The summed E-state index contributed by atoms with van der Waals surface area (Å²) >= 11 is 5.45. The van der Waals surface area contributed by atoms with Gasteiger partial charge in [-0.15, -0.1) is 18.2 Å². The van der Waals surface area contributed by atoms with Crippen molar-refractivity contribution in [1.29, 1.82) is 0 Å². The lowest BCUT2D eigenvalue weighted by Gasteiger charge is -2.19. The fourth-order valence-electron chi connectivity index (χ4n) is 0.697. The molecule has 0 amide bonds. The van der Waals surface area contributed by atoms with E-state index in [-0.39, 0.29) is 5.88 Å². The molecule has 9 heavy (non-hydrogen) atoms. The molecule has 1 nitrogen and oxygen atoms in total. The molecule has 54 valence electrons.